The highest BCUT2D eigenvalue weighted by molar-refractivity contribution is 7.99. The number of benzene rings is 1. The van der Waals surface area contributed by atoms with E-state index in [0.29, 0.717) is 16.5 Å². The number of ether oxygens (including phenoxy) is 1. The summed E-state index contributed by atoms with van der Waals surface area (Å²) in [7, 11) is 1.58. The molecule has 92 valence electrons. The molecule has 0 spiro atoms. The van der Waals surface area contributed by atoms with Crippen molar-refractivity contribution in [3.8, 4) is 17.5 Å². The molecule has 1 aromatic carbocycles. The van der Waals surface area contributed by atoms with E-state index in [4.69, 9.17) is 21.6 Å². The number of methoxy groups -OCH3 is 1. The minimum Gasteiger partial charge on any atom is -0.495 e. The van der Waals surface area contributed by atoms with E-state index >= 15 is 0 Å². The summed E-state index contributed by atoms with van der Waals surface area (Å²) in [6, 6.07) is 7.58. The number of thioether (sulfide) groups is 1. The van der Waals surface area contributed by atoms with E-state index < -0.39 is 0 Å². The topological polar surface area (TPSA) is 50.8 Å². The first kappa shape index (κ1) is 12.8. The van der Waals surface area contributed by atoms with Crippen LogP contribution in [0.15, 0.2) is 35.7 Å². The van der Waals surface area contributed by atoms with Gasteiger partial charge < -0.3 is 4.74 Å². The van der Waals surface area contributed by atoms with Crippen LogP contribution < -0.4 is 4.74 Å². The lowest BCUT2D eigenvalue weighted by Crippen LogP contribution is -1.96. The Hall–Kier alpha value is -1.64. The Morgan fingerprint density at radius 2 is 2.39 bits per heavy atom. The van der Waals surface area contributed by atoms with E-state index in [9.17, 15) is 0 Å². The van der Waals surface area contributed by atoms with Crippen molar-refractivity contribution in [3.05, 3.63) is 35.6 Å². The lowest BCUT2D eigenvalue weighted by molar-refractivity contribution is 0.415. The Morgan fingerprint density at radius 1 is 1.56 bits per heavy atom. The van der Waals surface area contributed by atoms with Gasteiger partial charge in [0.25, 0.3) is 0 Å². The zero-order valence-electron chi connectivity index (χ0n) is 9.63. The molecule has 0 aliphatic rings. The lowest BCUT2D eigenvalue weighted by atomic mass is 10.3. The Kier molecular flexibility index (Phi) is 4.13. The van der Waals surface area contributed by atoms with Crippen molar-refractivity contribution in [2.45, 2.75) is 5.16 Å². The van der Waals surface area contributed by atoms with Crippen LogP contribution in [0.25, 0.3) is 5.69 Å². The summed E-state index contributed by atoms with van der Waals surface area (Å²) in [5.74, 6) is 0.993. The second kappa shape index (κ2) is 5.80. The van der Waals surface area contributed by atoms with Gasteiger partial charge in [-0.1, -0.05) is 23.4 Å². The van der Waals surface area contributed by atoms with Gasteiger partial charge >= 0.3 is 0 Å². The molecule has 18 heavy (non-hydrogen) atoms. The Balaban J connectivity index is 2.34. The van der Waals surface area contributed by atoms with Gasteiger partial charge in [0.2, 0.25) is 0 Å². The molecule has 0 aliphatic heterocycles. The first-order valence-electron chi connectivity index (χ1n) is 5.13. The van der Waals surface area contributed by atoms with Crippen molar-refractivity contribution in [3.63, 3.8) is 0 Å². The zero-order chi connectivity index (χ0) is 13.0. The first-order valence-corrected chi connectivity index (χ1v) is 6.49. The van der Waals surface area contributed by atoms with Gasteiger partial charge in [-0.05, 0) is 18.2 Å². The molecule has 0 radical (unpaired) electrons. The van der Waals surface area contributed by atoms with E-state index in [2.05, 4.69) is 11.1 Å². The third-order valence-corrected chi connectivity index (χ3v) is 3.42. The standard InChI is InChI=1S/C12H10ClN3OS/c1-17-11-3-2-9(8-10(11)13)16-6-5-15-12(16)18-7-4-14/h2-3,5-6,8H,7H2,1H3. The predicted octanol–water partition coefficient (Wildman–Crippen LogP) is 3.15. The van der Waals surface area contributed by atoms with E-state index in [1.807, 2.05) is 16.8 Å². The molecule has 2 rings (SSSR count). The smallest absolute Gasteiger partial charge is 0.173 e. The van der Waals surface area contributed by atoms with Crippen molar-refractivity contribution in [2.75, 3.05) is 12.9 Å². The molecule has 0 N–H and O–H groups in total. The molecule has 0 unspecified atom stereocenters. The van der Waals surface area contributed by atoms with E-state index in [1.165, 1.54) is 11.8 Å². The second-order valence-corrected chi connectivity index (χ2v) is 4.70. The number of nitriles is 1. The van der Waals surface area contributed by atoms with Crippen molar-refractivity contribution < 1.29 is 4.74 Å². The number of rotatable bonds is 4. The number of nitrogens with zero attached hydrogens (tertiary/aromatic N) is 3. The SMILES string of the molecule is COc1ccc(-n2ccnc2SCC#N)cc1Cl. The van der Waals surface area contributed by atoms with Gasteiger partial charge in [0.1, 0.15) is 5.75 Å². The molecular weight excluding hydrogens is 270 g/mol. The average Bonchev–Trinajstić information content (AvgIpc) is 2.84. The molecule has 0 atom stereocenters. The van der Waals surface area contributed by atoms with Crippen LogP contribution >= 0.6 is 23.4 Å². The summed E-state index contributed by atoms with van der Waals surface area (Å²) in [4.78, 5) is 4.20. The Labute approximate surface area is 114 Å². The number of hydrogen-bond acceptors (Lipinski definition) is 4. The zero-order valence-corrected chi connectivity index (χ0v) is 11.2. The number of aromatic nitrogens is 2. The van der Waals surface area contributed by atoms with E-state index in [1.54, 1.807) is 25.4 Å². The molecule has 0 fully saturated rings. The maximum absolute atomic E-state index is 8.59. The van der Waals surface area contributed by atoms with Crippen molar-refractivity contribution in [1.29, 1.82) is 5.26 Å². The van der Waals surface area contributed by atoms with Gasteiger partial charge in [0.15, 0.2) is 5.16 Å². The van der Waals surface area contributed by atoms with Crippen LogP contribution in [0.4, 0.5) is 0 Å². The number of halogens is 1. The minimum absolute atomic E-state index is 0.362. The van der Waals surface area contributed by atoms with E-state index in [0.717, 1.165) is 10.8 Å². The molecule has 1 heterocycles. The van der Waals surface area contributed by atoms with Crippen LogP contribution in [0.5, 0.6) is 5.75 Å². The predicted molar refractivity (Wildman–Crippen MR) is 71.5 cm³/mol. The second-order valence-electron chi connectivity index (χ2n) is 3.35. The van der Waals surface area contributed by atoms with Crippen molar-refractivity contribution >= 4 is 23.4 Å². The molecule has 6 heteroatoms. The minimum atomic E-state index is 0.362. The largest absolute Gasteiger partial charge is 0.495 e. The summed E-state index contributed by atoms with van der Waals surface area (Å²) >= 11 is 7.47. The molecule has 0 amide bonds. The van der Waals surface area contributed by atoms with Gasteiger partial charge in [-0.25, -0.2) is 4.98 Å². The average molecular weight is 280 g/mol. The van der Waals surface area contributed by atoms with Gasteiger partial charge in [0, 0.05) is 18.1 Å². The Bertz CT molecular complexity index is 591. The monoisotopic (exact) mass is 279 g/mol. The molecule has 0 saturated carbocycles. The first-order chi connectivity index (χ1) is 8.76. The molecular formula is C12H10ClN3OS. The lowest BCUT2D eigenvalue weighted by Gasteiger charge is -2.09. The third-order valence-electron chi connectivity index (χ3n) is 2.29. The molecule has 0 bridgehead atoms. The third kappa shape index (κ3) is 2.61. The molecule has 4 nitrogen and oxygen atoms in total. The molecule has 1 aromatic heterocycles. The number of hydrogen-bond donors (Lipinski definition) is 0. The maximum atomic E-state index is 8.59. The molecule has 0 saturated heterocycles. The highest BCUT2D eigenvalue weighted by atomic mass is 35.5. The number of imidazole rings is 1. The quantitative estimate of drug-likeness (QED) is 0.807. The summed E-state index contributed by atoms with van der Waals surface area (Å²) in [6.07, 6.45) is 3.52. The highest BCUT2D eigenvalue weighted by Gasteiger charge is 2.08. The Morgan fingerprint density at radius 3 is 3.06 bits per heavy atom. The highest BCUT2D eigenvalue weighted by Crippen LogP contribution is 2.28. The fourth-order valence-electron chi connectivity index (χ4n) is 1.50. The van der Waals surface area contributed by atoms with Gasteiger partial charge in [-0.3, -0.25) is 4.57 Å². The molecule has 2 aromatic rings. The fraction of sp³-hybridized carbons (Fsp3) is 0.167. The van der Waals surface area contributed by atoms with Crippen LogP contribution in [-0.2, 0) is 0 Å². The van der Waals surface area contributed by atoms with Crippen LogP contribution in [0.2, 0.25) is 5.02 Å². The van der Waals surface area contributed by atoms with E-state index in [-0.39, 0.29) is 0 Å². The van der Waals surface area contributed by atoms with Crippen molar-refractivity contribution in [1.82, 2.24) is 9.55 Å². The van der Waals surface area contributed by atoms with Crippen LogP contribution in [0, 0.1) is 11.3 Å². The summed E-state index contributed by atoms with van der Waals surface area (Å²) in [5.41, 5.74) is 0.888. The van der Waals surface area contributed by atoms with Crippen molar-refractivity contribution in [2.24, 2.45) is 0 Å². The van der Waals surface area contributed by atoms with Crippen LogP contribution in [0.3, 0.4) is 0 Å². The fourth-order valence-corrected chi connectivity index (χ4v) is 2.38. The summed E-state index contributed by atoms with van der Waals surface area (Å²) < 4.78 is 6.99. The van der Waals surface area contributed by atoms with Crippen LogP contribution in [0.1, 0.15) is 0 Å². The molecule has 0 aliphatic carbocycles. The van der Waals surface area contributed by atoms with Crippen LogP contribution in [-0.4, -0.2) is 22.4 Å². The maximum Gasteiger partial charge on any atom is 0.173 e. The van der Waals surface area contributed by atoms with Gasteiger partial charge in [-0.2, -0.15) is 5.26 Å². The normalized spacial score (nSPS) is 10.1. The van der Waals surface area contributed by atoms with Gasteiger partial charge in [0.05, 0.1) is 24.0 Å². The summed E-state index contributed by atoms with van der Waals surface area (Å²) in [6.45, 7) is 0. The summed E-state index contributed by atoms with van der Waals surface area (Å²) in [5, 5.41) is 9.90. The van der Waals surface area contributed by atoms with Gasteiger partial charge in [-0.15, -0.1) is 0 Å².